The van der Waals surface area contributed by atoms with Gasteiger partial charge < -0.3 is 39.6 Å². The average molecular weight is 386 g/mol. The maximum atomic E-state index is 11.0. The molecular weight excluding hydrogens is 368 g/mol. The molecule has 8 heteroatoms. The predicted octanol–water partition coefficient (Wildman–Crippen LogP) is -1.14. The summed E-state index contributed by atoms with van der Waals surface area (Å²) in [6, 6.07) is 5.64. The number of rotatable bonds is 5. The van der Waals surface area contributed by atoms with Crippen molar-refractivity contribution >= 4 is 23.9 Å². The van der Waals surface area contributed by atoms with Crippen molar-refractivity contribution in [3.05, 3.63) is 58.7 Å². The van der Waals surface area contributed by atoms with E-state index in [2.05, 4.69) is 0 Å². The zero-order chi connectivity index (χ0) is 22.0. The lowest BCUT2D eigenvalue weighted by Gasteiger charge is -2.14. The molecule has 0 aliphatic carbocycles. The van der Waals surface area contributed by atoms with Gasteiger partial charge in [-0.05, 0) is 69.8 Å². The molecule has 0 saturated heterocycles. The van der Waals surface area contributed by atoms with Crippen LogP contribution in [0.5, 0.6) is 0 Å². The topological polar surface area (TPSA) is 161 Å². The molecule has 150 valence electrons. The van der Waals surface area contributed by atoms with Crippen LogP contribution in [-0.2, 0) is 0 Å². The van der Waals surface area contributed by atoms with Gasteiger partial charge in [0.2, 0.25) is 0 Å². The molecule has 0 amide bonds. The summed E-state index contributed by atoms with van der Waals surface area (Å²) < 4.78 is 0. The Morgan fingerprint density at radius 1 is 0.464 bits per heavy atom. The Kier molecular flexibility index (Phi) is 9.66. The number of carboxylic acid groups (broad SMARTS) is 4. The largest absolute Gasteiger partial charge is 0.545 e. The maximum Gasteiger partial charge on any atom is 0.0715 e. The van der Waals surface area contributed by atoms with E-state index in [9.17, 15) is 39.6 Å². The molecule has 0 fully saturated rings. The quantitative estimate of drug-likeness (QED) is 0.623. The van der Waals surface area contributed by atoms with Crippen LogP contribution >= 0.6 is 0 Å². The summed E-state index contributed by atoms with van der Waals surface area (Å²) in [7, 11) is 0. The van der Waals surface area contributed by atoms with Crippen LogP contribution in [0.1, 0.15) is 69.1 Å². The van der Waals surface area contributed by atoms with Crippen LogP contribution in [0.4, 0.5) is 0 Å². The number of carbonyl (C=O) groups excluding carboxylic acids is 4. The van der Waals surface area contributed by atoms with Crippen molar-refractivity contribution < 1.29 is 39.6 Å². The lowest BCUT2D eigenvalue weighted by Crippen LogP contribution is -2.26. The minimum Gasteiger partial charge on any atom is -0.545 e. The average Bonchev–Trinajstić information content (AvgIpc) is 2.70. The van der Waals surface area contributed by atoms with E-state index in [1.807, 2.05) is 27.7 Å². The van der Waals surface area contributed by atoms with Crippen molar-refractivity contribution in [2.24, 2.45) is 0 Å². The van der Waals surface area contributed by atoms with Crippen molar-refractivity contribution in [3.8, 4) is 11.1 Å². The Morgan fingerprint density at radius 3 is 0.786 bits per heavy atom. The first-order valence-corrected chi connectivity index (χ1v) is 8.35. The van der Waals surface area contributed by atoms with Gasteiger partial charge in [-0.1, -0.05) is 27.7 Å². The maximum absolute atomic E-state index is 11.0. The number of hydrogen-bond donors (Lipinski definition) is 0. The fourth-order valence-electron chi connectivity index (χ4n) is 2.06. The Balaban J connectivity index is 0.00000171. The monoisotopic (exact) mass is 386 g/mol. The number of carboxylic acids is 4. The van der Waals surface area contributed by atoms with E-state index in [0.29, 0.717) is 0 Å². The van der Waals surface area contributed by atoms with Gasteiger partial charge in [0.15, 0.2) is 0 Å². The molecule has 0 spiro atoms. The van der Waals surface area contributed by atoms with Crippen LogP contribution in [0, 0.1) is 0 Å². The van der Waals surface area contributed by atoms with Crippen molar-refractivity contribution in [2.45, 2.75) is 27.7 Å². The molecule has 0 N–H and O–H groups in total. The summed E-state index contributed by atoms with van der Waals surface area (Å²) in [6.07, 6.45) is 0. The minimum absolute atomic E-state index is 0.0542. The zero-order valence-electron chi connectivity index (χ0n) is 15.7. The molecule has 0 radical (unpaired) electrons. The fraction of sp³-hybridized carbons (Fsp3) is 0.200. The molecule has 0 unspecified atom stereocenters. The lowest BCUT2D eigenvalue weighted by molar-refractivity contribution is -0.257. The van der Waals surface area contributed by atoms with Crippen molar-refractivity contribution in [1.82, 2.24) is 0 Å². The van der Waals surface area contributed by atoms with Gasteiger partial charge in [-0.15, -0.1) is 0 Å². The SMILES string of the molecule is CC.CC.O=C([O-])c1cc(C(=O)[O-])cc(-c2cc(C(=O)[O-])cc(C(=O)[O-])c2)c1. The second kappa shape index (κ2) is 11.1. The molecule has 0 aliphatic heterocycles. The first-order chi connectivity index (χ1) is 13.2. The third-order valence-electron chi connectivity index (χ3n) is 3.14. The number of hydrogen-bond acceptors (Lipinski definition) is 8. The smallest absolute Gasteiger partial charge is 0.0715 e. The molecule has 28 heavy (non-hydrogen) atoms. The molecule has 0 atom stereocenters. The van der Waals surface area contributed by atoms with Crippen LogP contribution in [0.3, 0.4) is 0 Å². The Morgan fingerprint density at radius 2 is 0.643 bits per heavy atom. The van der Waals surface area contributed by atoms with Gasteiger partial charge >= 0.3 is 0 Å². The minimum atomic E-state index is -1.67. The Hall–Kier alpha value is -3.68. The highest BCUT2D eigenvalue weighted by molar-refractivity contribution is 5.97. The van der Waals surface area contributed by atoms with Gasteiger partial charge in [0.05, 0.1) is 23.9 Å². The molecule has 2 rings (SSSR count). The third kappa shape index (κ3) is 6.24. The third-order valence-corrected chi connectivity index (χ3v) is 3.14. The summed E-state index contributed by atoms with van der Waals surface area (Å²) in [5.41, 5.74) is -2.11. The highest BCUT2D eigenvalue weighted by atomic mass is 16.4. The predicted molar refractivity (Wildman–Crippen MR) is 91.9 cm³/mol. The van der Waals surface area contributed by atoms with E-state index in [0.717, 1.165) is 36.4 Å². The second-order valence-electron chi connectivity index (χ2n) is 4.75. The molecule has 2 aromatic carbocycles. The van der Waals surface area contributed by atoms with Crippen LogP contribution in [0.15, 0.2) is 36.4 Å². The fourth-order valence-corrected chi connectivity index (χ4v) is 2.06. The van der Waals surface area contributed by atoms with Crippen LogP contribution < -0.4 is 20.4 Å². The summed E-state index contributed by atoms with van der Waals surface area (Å²) >= 11 is 0. The molecule has 0 saturated carbocycles. The first kappa shape index (κ1) is 24.3. The van der Waals surface area contributed by atoms with Gasteiger partial charge in [0, 0.05) is 0 Å². The van der Waals surface area contributed by atoms with Gasteiger partial charge in [-0.3, -0.25) is 0 Å². The molecule has 2 aromatic rings. The van der Waals surface area contributed by atoms with E-state index in [-0.39, 0.29) is 11.1 Å². The molecule has 0 heterocycles. The van der Waals surface area contributed by atoms with Gasteiger partial charge in [0.1, 0.15) is 0 Å². The highest BCUT2D eigenvalue weighted by Gasteiger charge is 2.09. The summed E-state index contributed by atoms with van der Waals surface area (Å²) in [5, 5.41) is 43.9. The van der Waals surface area contributed by atoms with E-state index in [1.165, 1.54) is 0 Å². The number of aromatic carboxylic acids is 4. The highest BCUT2D eigenvalue weighted by Crippen LogP contribution is 2.25. The molecular formula is C20H18O8-4. The number of benzene rings is 2. The van der Waals surface area contributed by atoms with E-state index in [4.69, 9.17) is 0 Å². The van der Waals surface area contributed by atoms with Crippen molar-refractivity contribution in [2.75, 3.05) is 0 Å². The Bertz CT molecular complexity index is 746. The van der Waals surface area contributed by atoms with Crippen molar-refractivity contribution in [1.29, 1.82) is 0 Å². The molecule has 0 bridgehead atoms. The van der Waals surface area contributed by atoms with E-state index >= 15 is 0 Å². The number of carbonyl (C=O) groups is 4. The summed E-state index contributed by atoms with van der Waals surface area (Å²) in [5.74, 6) is -6.68. The van der Waals surface area contributed by atoms with E-state index < -0.39 is 46.1 Å². The molecule has 0 aromatic heterocycles. The van der Waals surface area contributed by atoms with Crippen LogP contribution in [0.2, 0.25) is 0 Å². The van der Waals surface area contributed by atoms with Gasteiger partial charge in [0.25, 0.3) is 0 Å². The molecule has 8 nitrogen and oxygen atoms in total. The molecule has 0 aliphatic rings. The normalized spacial score (nSPS) is 9.14. The summed E-state index contributed by atoms with van der Waals surface area (Å²) in [4.78, 5) is 43.9. The van der Waals surface area contributed by atoms with Crippen LogP contribution in [-0.4, -0.2) is 23.9 Å². The van der Waals surface area contributed by atoms with Gasteiger partial charge in [-0.2, -0.15) is 0 Å². The zero-order valence-corrected chi connectivity index (χ0v) is 15.7. The second-order valence-corrected chi connectivity index (χ2v) is 4.75. The standard InChI is InChI=1S/C16H10O8.2C2H6/c17-13(18)9-1-7(2-10(5-9)14(19)20)8-3-11(15(21)22)6-12(4-8)16(23)24;2*1-2/h1-6H,(H,17,18)(H,19,20)(H,21,22)(H,23,24);2*1-2H3/p-4. The lowest BCUT2D eigenvalue weighted by atomic mass is 9.96. The van der Waals surface area contributed by atoms with Crippen LogP contribution in [0.25, 0.3) is 11.1 Å². The van der Waals surface area contributed by atoms with Crippen molar-refractivity contribution in [3.63, 3.8) is 0 Å². The van der Waals surface area contributed by atoms with E-state index in [1.54, 1.807) is 0 Å². The summed E-state index contributed by atoms with van der Waals surface area (Å²) in [6.45, 7) is 8.00. The van der Waals surface area contributed by atoms with Gasteiger partial charge in [-0.25, -0.2) is 0 Å². The first-order valence-electron chi connectivity index (χ1n) is 8.35. The Labute approximate surface area is 161 Å².